The van der Waals surface area contributed by atoms with E-state index in [1.807, 2.05) is 6.92 Å². The fraction of sp³-hybridized carbons (Fsp3) is 0.750. The third-order valence-electron chi connectivity index (χ3n) is 1.84. The molecule has 0 fully saturated rings. The number of amides is 1. The Labute approximate surface area is 72.0 Å². The number of rotatable bonds is 4. The number of carbonyl (C=O) groups excluding carboxylic acids is 1. The second kappa shape index (κ2) is 4.74. The number of aliphatic carboxylic acids is 1. The van der Waals surface area contributed by atoms with Crippen molar-refractivity contribution in [1.82, 2.24) is 5.32 Å². The zero-order valence-electron chi connectivity index (χ0n) is 7.63. The van der Waals surface area contributed by atoms with Crippen molar-refractivity contribution in [3.05, 3.63) is 0 Å². The highest BCUT2D eigenvalue weighted by Crippen LogP contribution is 2.07. The van der Waals surface area contributed by atoms with Gasteiger partial charge >= 0.3 is 5.97 Å². The predicted octanol–water partition coefficient (Wildman–Crippen LogP) is 0.622. The van der Waals surface area contributed by atoms with Crippen molar-refractivity contribution >= 4 is 11.9 Å². The molecule has 1 amide bonds. The normalized spacial score (nSPS) is 14.9. The molecule has 2 atom stereocenters. The molecular formula is C8H15NO3. The molecule has 0 rings (SSSR count). The van der Waals surface area contributed by atoms with E-state index in [1.165, 1.54) is 6.92 Å². The number of nitrogens with one attached hydrogen (secondary N) is 1. The lowest BCUT2D eigenvalue weighted by Crippen LogP contribution is -2.43. The van der Waals surface area contributed by atoms with E-state index in [0.29, 0.717) is 0 Å². The smallest absolute Gasteiger partial charge is 0.326 e. The van der Waals surface area contributed by atoms with E-state index in [9.17, 15) is 9.59 Å². The lowest BCUT2D eigenvalue weighted by Gasteiger charge is -2.18. The minimum absolute atomic E-state index is 0.0357. The Kier molecular flexibility index (Phi) is 4.33. The minimum atomic E-state index is -0.973. The molecule has 0 aromatic heterocycles. The summed E-state index contributed by atoms with van der Waals surface area (Å²) in [5.74, 6) is -1.31. The third-order valence-corrected chi connectivity index (χ3v) is 1.84. The molecule has 0 radical (unpaired) electrons. The first-order valence-electron chi connectivity index (χ1n) is 3.99. The molecule has 0 saturated carbocycles. The van der Waals surface area contributed by atoms with Crippen LogP contribution in [0, 0.1) is 5.92 Å². The van der Waals surface area contributed by atoms with Gasteiger partial charge in [0.1, 0.15) is 6.04 Å². The van der Waals surface area contributed by atoms with Crippen LogP contribution in [-0.4, -0.2) is 23.0 Å². The lowest BCUT2D eigenvalue weighted by molar-refractivity contribution is -0.143. The molecule has 12 heavy (non-hydrogen) atoms. The maximum Gasteiger partial charge on any atom is 0.326 e. The summed E-state index contributed by atoms with van der Waals surface area (Å²) in [5, 5.41) is 11.1. The maximum atomic E-state index is 10.6. The zero-order chi connectivity index (χ0) is 9.72. The Hall–Kier alpha value is -1.06. The SMILES string of the molecule is CC[C@H](C)[C@@H](NC(C)=O)C(=O)O. The molecule has 0 aliphatic heterocycles. The Morgan fingerprint density at radius 2 is 2.00 bits per heavy atom. The van der Waals surface area contributed by atoms with Crippen LogP contribution in [0.4, 0.5) is 0 Å². The van der Waals surface area contributed by atoms with Gasteiger partial charge in [0.05, 0.1) is 0 Å². The van der Waals surface area contributed by atoms with Crippen LogP contribution in [0.5, 0.6) is 0 Å². The van der Waals surface area contributed by atoms with E-state index in [2.05, 4.69) is 5.32 Å². The van der Waals surface area contributed by atoms with Crippen molar-refractivity contribution in [1.29, 1.82) is 0 Å². The quantitative estimate of drug-likeness (QED) is 0.655. The van der Waals surface area contributed by atoms with E-state index in [4.69, 9.17) is 5.11 Å². The second-order valence-corrected chi connectivity index (χ2v) is 2.90. The number of carboxylic acid groups (broad SMARTS) is 1. The van der Waals surface area contributed by atoms with Crippen molar-refractivity contribution in [2.24, 2.45) is 5.92 Å². The Morgan fingerprint density at radius 3 is 2.25 bits per heavy atom. The molecule has 0 bridgehead atoms. The molecule has 0 aliphatic rings. The molecule has 0 saturated heterocycles. The first-order valence-corrected chi connectivity index (χ1v) is 3.99. The van der Waals surface area contributed by atoms with Crippen molar-refractivity contribution in [3.63, 3.8) is 0 Å². The van der Waals surface area contributed by atoms with Crippen LogP contribution in [0.1, 0.15) is 27.2 Å². The highest BCUT2D eigenvalue weighted by atomic mass is 16.4. The standard InChI is InChI=1S/C8H15NO3/c1-4-5(2)7(8(11)12)9-6(3)10/h5,7H,4H2,1-3H3,(H,9,10)(H,11,12)/t5-,7+/m0/s1. The first kappa shape index (κ1) is 10.9. The van der Waals surface area contributed by atoms with E-state index < -0.39 is 12.0 Å². The summed E-state index contributed by atoms with van der Waals surface area (Å²) in [7, 11) is 0. The molecule has 2 N–H and O–H groups in total. The fourth-order valence-electron chi connectivity index (χ4n) is 0.902. The van der Waals surface area contributed by atoms with Gasteiger partial charge in [-0.2, -0.15) is 0 Å². The predicted molar refractivity (Wildman–Crippen MR) is 44.7 cm³/mol. The first-order chi connectivity index (χ1) is 5.49. The van der Waals surface area contributed by atoms with Crippen LogP contribution in [0.2, 0.25) is 0 Å². The molecule has 4 heteroatoms. The summed E-state index contributed by atoms with van der Waals surface area (Å²) in [4.78, 5) is 21.2. The van der Waals surface area contributed by atoms with Crippen LogP contribution >= 0.6 is 0 Å². The number of hydrogen-bond donors (Lipinski definition) is 2. The lowest BCUT2D eigenvalue weighted by atomic mass is 9.99. The molecule has 0 heterocycles. The van der Waals surface area contributed by atoms with Gasteiger partial charge in [0.15, 0.2) is 0 Å². The Bertz CT molecular complexity index is 179. The summed E-state index contributed by atoms with van der Waals surface area (Å²) in [5.41, 5.74) is 0. The van der Waals surface area contributed by atoms with Crippen molar-refractivity contribution < 1.29 is 14.7 Å². The van der Waals surface area contributed by atoms with Gasteiger partial charge in [-0.3, -0.25) is 4.79 Å². The van der Waals surface area contributed by atoms with Gasteiger partial charge in [0.25, 0.3) is 0 Å². The van der Waals surface area contributed by atoms with Gasteiger partial charge in [-0.05, 0) is 5.92 Å². The molecule has 0 aromatic carbocycles. The molecule has 0 aliphatic carbocycles. The maximum absolute atomic E-state index is 10.6. The van der Waals surface area contributed by atoms with E-state index in [-0.39, 0.29) is 11.8 Å². The average Bonchev–Trinajstić information content (AvgIpc) is 1.98. The Morgan fingerprint density at radius 1 is 1.50 bits per heavy atom. The van der Waals surface area contributed by atoms with Crippen LogP contribution in [0.3, 0.4) is 0 Å². The largest absolute Gasteiger partial charge is 0.480 e. The summed E-state index contributed by atoms with van der Waals surface area (Å²) < 4.78 is 0. The topological polar surface area (TPSA) is 66.4 Å². The van der Waals surface area contributed by atoms with Gasteiger partial charge < -0.3 is 10.4 Å². The van der Waals surface area contributed by atoms with Crippen molar-refractivity contribution in [3.8, 4) is 0 Å². The molecule has 70 valence electrons. The molecule has 0 spiro atoms. The van der Waals surface area contributed by atoms with Gasteiger partial charge in [-0.1, -0.05) is 20.3 Å². The van der Waals surface area contributed by atoms with E-state index >= 15 is 0 Å². The molecule has 0 aromatic rings. The monoisotopic (exact) mass is 173 g/mol. The van der Waals surface area contributed by atoms with Gasteiger partial charge in [0, 0.05) is 6.92 Å². The summed E-state index contributed by atoms with van der Waals surface area (Å²) >= 11 is 0. The van der Waals surface area contributed by atoms with E-state index in [0.717, 1.165) is 6.42 Å². The minimum Gasteiger partial charge on any atom is -0.480 e. The molecular weight excluding hydrogens is 158 g/mol. The van der Waals surface area contributed by atoms with Crippen LogP contribution in [0.15, 0.2) is 0 Å². The van der Waals surface area contributed by atoms with Crippen molar-refractivity contribution in [2.75, 3.05) is 0 Å². The summed E-state index contributed by atoms with van der Waals surface area (Å²) in [6.45, 7) is 5.01. The van der Waals surface area contributed by atoms with Crippen LogP contribution < -0.4 is 5.32 Å². The van der Waals surface area contributed by atoms with Gasteiger partial charge in [0.2, 0.25) is 5.91 Å². The average molecular weight is 173 g/mol. The van der Waals surface area contributed by atoms with Crippen LogP contribution in [-0.2, 0) is 9.59 Å². The number of carbonyl (C=O) groups is 2. The Balaban J connectivity index is 4.22. The van der Waals surface area contributed by atoms with E-state index in [1.54, 1.807) is 6.92 Å². The summed E-state index contributed by atoms with van der Waals surface area (Å²) in [6, 6.07) is -0.757. The molecule has 4 nitrogen and oxygen atoms in total. The molecule has 0 unspecified atom stereocenters. The zero-order valence-corrected chi connectivity index (χ0v) is 7.63. The highest BCUT2D eigenvalue weighted by Gasteiger charge is 2.23. The number of carboxylic acids is 1. The van der Waals surface area contributed by atoms with Crippen molar-refractivity contribution in [2.45, 2.75) is 33.2 Å². The summed E-state index contributed by atoms with van der Waals surface area (Å²) in [6.07, 6.45) is 0.733. The highest BCUT2D eigenvalue weighted by molar-refractivity contribution is 5.82. The second-order valence-electron chi connectivity index (χ2n) is 2.90. The fourth-order valence-corrected chi connectivity index (χ4v) is 0.902. The third kappa shape index (κ3) is 3.37. The van der Waals surface area contributed by atoms with Gasteiger partial charge in [-0.25, -0.2) is 4.79 Å². The number of hydrogen-bond acceptors (Lipinski definition) is 2. The van der Waals surface area contributed by atoms with Gasteiger partial charge in [-0.15, -0.1) is 0 Å². The van der Waals surface area contributed by atoms with Crippen LogP contribution in [0.25, 0.3) is 0 Å².